The lowest BCUT2D eigenvalue weighted by atomic mass is 10.1. The number of fused-ring (bicyclic) bond motifs is 1. The van der Waals surface area contributed by atoms with Crippen LogP contribution in [0.25, 0.3) is 10.9 Å². The number of hydrogen-bond acceptors (Lipinski definition) is 6. The highest BCUT2D eigenvalue weighted by atomic mass is 16.5. The normalized spacial score (nSPS) is 11.6. The molecule has 7 heteroatoms. The number of carbonyl (C=O) groups excluding carboxylic acids is 1. The molecule has 1 N–H and O–H groups in total. The van der Waals surface area contributed by atoms with Crippen molar-refractivity contribution in [3.8, 4) is 17.2 Å². The first kappa shape index (κ1) is 23.0. The number of benzene rings is 2. The number of nitrogens with one attached hydrogen (secondary N) is 1. The number of methoxy groups -OCH3 is 2. The Kier molecular flexibility index (Phi) is 6.92. The van der Waals surface area contributed by atoms with Gasteiger partial charge >= 0.3 is 0 Å². The minimum Gasteiger partial charge on any atom is -0.497 e. The van der Waals surface area contributed by atoms with E-state index in [1.165, 1.54) is 0 Å². The highest BCUT2D eigenvalue weighted by Gasteiger charge is 2.17. The highest BCUT2D eigenvalue weighted by Crippen LogP contribution is 2.31. The van der Waals surface area contributed by atoms with Crippen LogP contribution in [0.15, 0.2) is 67.0 Å². The molecule has 2 heterocycles. The third-order valence-corrected chi connectivity index (χ3v) is 5.64. The molecule has 1 unspecified atom stereocenters. The van der Waals surface area contributed by atoms with E-state index < -0.39 is 0 Å². The number of hydrogen-bond donors (Lipinski definition) is 1. The van der Waals surface area contributed by atoms with Gasteiger partial charge in [0.05, 0.1) is 37.0 Å². The fourth-order valence-corrected chi connectivity index (χ4v) is 3.67. The van der Waals surface area contributed by atoms with Gasteiger partial charge in [-0.1, -0.05) is 6.07 Å². The molecule has 1 amide bonds. The molecular formula is C27H27N3O4. The minimum atomic E-state index is -0.249. The van der Waals surface area contributed by atoms with E-state index in [0.717, 1.165) is 27.8 Å². The maximum atomic E-state index is 13.1. The second-order valence-corrected chi connectivity index (χ2v) is 7.93. The largest absolute Gasteiger partial charge is 0.497 e. The summed E-state index contributed by atoms with van der Waals surface area (Å²) in [5.41, 5.74) is 3.89. The number of aryl methyl sites for hydroxylation is 1. The zero-order chi connectivity index (χ0) is 24.1. The van der Waals surface area contributed by atoms with Gasteiger partial charge in [0.2, 0.25) is 0 Å². The van der Waals surface area contributed by atoms with Gasteiger partial charge in [0.1, 0.15) is 12.4 Å². The summed E-state index contributed by atoms with van der Waals surface area (Å²) in [5, 5.41) is 3.94. The molecule has 4 rings (SSSR count). The van der Waals surface area contributed by atoms with E-state index in [1.807, 2.05) is 68.4 Å². The lowest BCUT2D eigenvalue weighted by Crippen LogP contribution is -2.27. The lowest BCUT2D eigenvalue weighted by Gasteiger charge is -2.18. The second-order valence-electron chi connectivity index (χ2n) is 7.93. The number of ether oxygens (including phenoxy) is 3. The topological polar surface area (TPSA) is 82.6 Å². The molecule has 0 saturated carbocycles. The number of amides is 1. The van der Waals surface area contributed by atoms with Crippen LogP contribution < -0.4 is 19.5 Å². The van der Waals surface area contributed by atoms with Gasteiger partial charge in [0, 0.05) is 23.8 Å². The van der Waals surface area contributed by atoms with Gasteiger partial charge in [-0.3, -0.25) is 14.8 Å². The summed E-state index contributed by atoms with van der Waals surface area (Å²) < 4.78 is 16.7. The molecule has 4 aromatic rings. The molecule has 0 saturated heterocycles. The third kappa shape index (κ3) is 5.09. The van der Waals surface area contributed by atoms with Crippen molar-refractivity contribution in [2.45, 2.75) is 26.5 Å². The molecular weight excluding hydrogens is 430 g/mol. The molecule has 0 spiro atoms. The van der Waals surface area contributed by atoms with E-state index in [-0.39, 0.29) is 11.9 Å². The van der Waals surface area contributed by atoms with Crippen LogP contribution in [0.4, 0.5) is 0 Å². The van der Waals surface area contributed by atoms with Gasteiger partial charge in [-0.2, -0.15) is 0 Å². The molecule has 0 bridgehead atoms. The molecule has 1 atom stereocenters. The van der Waals surface area contributed by atoms with Crippen LogP contribution >= 0.6 is 0 Å². The van der Waals surface area contributed by atoms with Crippen molar-refractivity contribution in [2.24, 2.45) is 0 Å². The van der Waals surface area contributed by atoms with E-state index in [4.69, 9.17) is 14.2 Å². The number of rotatable bonds is 8. The molecule has 0 aliphatic rings. The first-order valence-corrected chi connectivity index (χ1v) is 10.9. The summed E-state index contributed by atoms with van der Waals surface area (Å²) >= 11 is 0. The number of nitrogens with zero attached hydrogens (tertiary/aromatic N) is 2. The molecule has 0 radical (unpaired) electrons. The summed E-state index contributed by atoms with van der Waals surface area (Å²) in [4.78, 5) is 21.7. The maximum Gasteiger partial charge on any atom is 0.253 e. The van der Waals surface area contributed by atoms with Gasteiger partial charge in [-0.25, -0.2) is 0 Å². The Morgan fingerprint density at radius 3 is 2.50 bits per heavy atom. The molecule has 2 aromatic heterocycles. The van der Waals surface area contributed by atoms with Gasteiger partial charge in [-0.15, -0.1) is 0 Å². The second kappa shape index (κ2) is 10.2. The SMILES string of the molecule is COc1ccc2cc(C(=O)NC(C)c3ccc(OCc4ccncc4)c(OC)c3)c(C)nc2c1. The van der Waals surface area contributed by atoms with Crippen LogP contribution in [0.3, 0.4) is 0 Å². The number of aromatic nitrogens is 2. The van der Waals surface area contributed by atoms with Crippen molar-refractivity contribution < 1.29 is 19.0 Å². The summed E-state index contributed by atoms with van der Waals surface area (Å²) in [6, 6.07) is 16.7. The average molecular weight is 458 g/mol. The Balaban J connectivity index is 1.49. The van der Waals surface area contributed by atoms with Crippen LogP contribution in [0.5, 0.6) is 17.2 Å². The summed E-state index contributed by atoms with van der Waals surface area (Å²) in [6.07, 6.45) is 3.46. The van der Waals surface area contributed by atoms with Crippen LogP contribution in [0, 0.1) is 6.92 Å². The molecule has 0 aliphatic carbocycles. The fourth-order valence-electron chi connectivity index (χ4n) is 3.67. The van der Waals surface area contributed by atoms with Crippen LogP contribution in [-0.2, 0) is 6.61 Å². The molecule has 34 heavy (non-hydrogen) atoms. The van der Waals surface area contributed by atoms with Crippen molar-refractivity contribution in [1.82, 2.24) is 15.3 Å². The first-order valence-electron chi connectivity index (χ1n) is 10.9. The Morgan fingerprint density at radius 1 is 0.971 bits per heavy atom. The van der Waals surface area contributed by atoms with Gasteiger partial charge in [-0.05, 0) is 67.4 Å². The Hall–Kier alpha value is -4.13. The van der Waals surface area contributed by atoms with Gasteiger partial charge in [0.25, 0.3) is 5.91 Å². The van der Waals surface area contributed by atoms with E-state index in [2.05, 4.69) is 15.3 Å². The van der Waals surface area contributed by atoms with Crippen LogP contribution in [0.2, 0.25) is 0 Å². The van der Waals surface area contributed by atoms with E-state index >= 15 is 0 Å². The lowest BCUT2D eigenvalue weighted by molar-refractivity contribution is 0.0939. The molecule has 2 aromatic carbocycles. The van der Waals surface area contributed by atoms with Crippen LogP contribution in [-0.4, -0.2) is 30.1 Å². The van der Waals surface area contributed by atoms with Crippen molar-refractivity contribution in [3.05, 3.63) is 89.4 Å². The zero-order valence-corrected chi connectivity index (χ0v) is 19.7. The van der Waals surface area contributed by atoms with Gasteiger partial charge in [0.15, 0.2) is 11.5 Å². The van der Waals surface area contributed by atoms with Crippen molar-refractivity contribution >= 4 is 16.8 Å². The zero-order valence-electron chi connectivity index (χ0n) is 19.7. The monoisotopic (exact) mass is 457 g/mol. The summed E-state index contributed by atoms with van der Waals surface area (Å²) in [7, 11) is 3.21. The fraction of sp³-hybridized carbons (Fsp3) is 0.222. The predicted octanol–water partition coefficient (Wildman–Crippen LogP) is 5.03. The van der Waals surface area contributed by atoms with Crippen molar-refractivity contribution in [1.29, 1.82) is 0 Å². The Bertz CT molecular complexity index is 1310. The summed E-state index contributed by atoms with van der Waals surface area (Å²) in [5.74, 6) is 1.77. The standard InChI is InChI=1S/C27H27N3O4/c1-17(20-6-8-25(26(14-20)33-4)34-16-19-9-11-28-12-10-19)30-27(31)23-13-21-5-7-22(32-3)15-24(21)29-18(23)2/h5-15,17H,16H2,1-4H3,(H,30,31). The highest BCUT2D eigenvalue weighted by molar-refractivity contribution is 5.99. The van der Waals surface area contributed by atoms with Gasteiger partial charge < -0.3 is 19.5 Å². The Morgan fingerprint density at radius 2 is 1.76 bits per heavy atom. The van der Waals surface area contributed by atoms with E-state index in [1.54, 1.807) is 26.6 Å². The van der Waals surface area contributed by atoms with Crippen molar-refractivity contribution in [3.63, 3.8) is 0 Å². The Labute approximate surface area is 198 Å². The smallest absolute Gasteiger partial charge is 0.253 e. The molecule has 174 valence electrons. The van der Waals surface area contributed by atoms with Crippen molar-refractivity contribution in [2.75, 3.05) is 14.2 Å². The minimum absolute atomic E-state index is 0.188. The number of pyridine rings is 2. The third-order valence-electron chi connectivity index (χ3n) is 5.64. The maximum absolute atomic E-state index is 13.1. The average Bonchev–Trinajstić information content (AvgIpc) is 2.87. The molecule has 0 aliphatic heterocycles. The molecule has 0 fully saturated rings. The van der Waals surface area contributed by atoms with E-state index in [0.29, 0.717) is 29.4 Å². The number of carbonyl (C=O) groups is 1. The quantitative estimate of drug-likeness (QED) is 0.400. The first-order chi connectivity index (χ1) is 16.5. The molecule has 7 nitrogen and oxygen atoms in total. The summed E-state index contributed by atoms with van der Waals surface area (Å²) in [6.45, 7) is 4.17. The van der Waals surface area contributed by atoms with Crippen LogP contribution in [0.1, 0.15) is 40.1 Å². The predicted molar refractivity (Wildman–Crippen MR) is 130 cm³/mol. The van der Waals surface area contributed by atoms with E-state index in [9.17, 15) is 4.79 Å².